The van der Waals surface area contributed by atoms with Crippen molar-refractivity contribution in [3.63, 3.8) is 0 Å². The fourth-order valence-electron chi connectivity index (χ4n) is 2.69. The number of rotatable bonds is 4. The summed E-state index contributed by atoms with van der Waals surface area (Å²) in [6.45, 7) is 7.69. The van der Waals surface area contributed by atoms with Crippen LogP contribution in [0.2, 0.25) is 0 Å². The van der Waals surface area contributed by atoms with E-state index in [0.717, 1.165) is 10.1 Å². The molecule has 32 heavy (non-hydrogen) atoms. The maximum Gasteiger partial charge on any atom is 0.329 e. The minimum atomic E-state index is -3.38. The Morgan fingerprint density at radius 3 is 2.25 bits per heavy atom. The molecule has 1 aromatic heterocycles. The van der Waals surface area contributed by atoms with Crippen LogP contribution in [0.5, 0.6) is 0 Å². The van der Waals surface area contributed by atoms with Crippen molar-refractivity contribution in [1.82, 2.24) is 13.9 Å². The van der Waals surface area contributed by atoms with Crippen molar-refractivity contribution in [1.29, 1.82) is 0 Å². The molecule has 0 amide bonds. The third-order valence-electron chi connectivity index (χ3n) is 4.44. The molecule has 0 aliphatic carbocycles. The van der Waals surface area contributed by atoms with Crippen LogP contribution in [0, 0.1) is 0 Å². The van der Waals surface area contributed by atoms with Gasteiger partial charge in [-0.15, -0.1) is 0 Å². The molecule has 0 spiro atoms. The molecule has 1 saturated heterocycles. The van der Waals surface area contributed by atoms with E-state index in [1.165, 1.54) is 17.4 Å². The lowest BCUT2D eigenvalue weighted by atomic mass is 10.2. The molecule has 0 atom stereocenters. The van der Waals surface area contributed by atoms with E-state index in [-0.39, 0.29) is 5.56 Å². The van der Waals surface area contributed by atoms with Gasteiger partial charge in [-0.25, -0.2) is 13.2 Å². The highest BCUT2D eigenvalue weighted by Crippen LogP contribution is 2.18. The van der Waals surface area contributed by atoms with Gasteiger partial charge in [-0.2, -0.15) is 4.31 Å². The van der Waals surface area contributed by atoms with Gasteiger partial charge < -0.3 is 9.64 Å². The first-order valence-electron chi connectivity index (χ1n) is 10.4. The van der Waals surface area contributed by atoms with Crippen LogP contribution in [0.1, 0.15) is 26.3 Å². The number of H-pyrrole nitrogens is 1. The van der Waals surface area contributed by atoms with Gasteiger partial charge in [-0.1, -0.05) is 38.1 Å². The second-order valence-electron chi connectivity index (χ2n) is 6.84. The third-order valence-corrected chi connectivity index (χ3v) is 6.33. The average Bonchev–Trinajstić information content (AvgIpc) is 2.80. The van der Waals surface area contributed by atoms with Crippen LogP contribution < -0.4 is 16.1 Å². The second-order valence-corrected chi connectivity index (χ2v) is 8.78. The molecule has 2 heterocycles. The van der Waals surface area contributed by atoms with Crippen molar-refractivity contribution in [3.05, 3.63) is 62.8 Å². The van der Waals surface area contributed by atoms with Crippen LogP contribution in [0.15, 0.2) is 50.9 Å². The molecule has 10 heteroatoms. The molecule has 1 aliphatic rings. The lowest BCUT2D eigenvalue weighted by Crippen LogP contribution is -2.40. The molecule has 0 saturated carbocycles. The quantitative estimate of drug-likeness (QED) is 0.738. The van der Waals surface area contributed by atoms with Gasteiger partial charge in [-0.05, 0) is 24.6 Å². The van der Waals surface area contributed by atoms with E-state index in [9.17, 15) is 18.0 Å². The number of hydrogen-bond donors (Lipinski definition) is 1. The first-order valence-corrected chi connectivity index (χ1v) is 11.9. The number of nitrogens with zero attached hydrogens (tertiary/aromatic N) is 3. The summed E-state index contributed by atoms with van der Waals surface area (Å²) in [5, 5.41) is 0. The molecule has 0 unspecified atom stereocenters. The van der Waals surface area contributed by atoms with Gasteiger partial charge in [0.2, 0.25) is 10.0 Å². The van der Waals surface area contributed by atoms with E-state index in [2.05, 4.69) is 4.98 Å². The second kappa shape index (κ2) is 13.0. The highest BCUT2D eigenvalue weighted by atomic mass is 32.2. The Bertz CT molecular complexity index is 1070. The molecular formula is C22H34N4O5S. The Morgan fingerprint density at radius 2 is 1.72 bits per heavy atom. The lowest BCUT2D eigenvalue weighted by Gasteiger charge is -2.26. The molecule has 1 aliphatic heterocycles. The summed E-state index contributed by atoms with van der Waals surface area (Å²) < 4.78 is 32.5. The molecule has 2 aromatic rings. The number of nitrogens with one attached hydrogen (secondary N) is 1. The van der Waals surface area contributed by atoms with Gasteiger partial charge in [0.1, 0.15) is 5.82 Å². The number of aromatic amines is 1. The normalized spacial score (nSPS) is 14.2. The lowest BCUT2D eigenvalue weighted by molar-refractivity contribution is 0.0730. The number of aromatic nitrogens is 2. The number of anilines is 1. The van der Waals surface area contributed by atoms with Gasteiger partial charge in [0, 0.05) is 40.3 Å². The summed E-state index contributed by atoms with van der Waals surface area (Å²) in [6, 6.07) is 8.37. The Balaban J connectivity index is 0.000000318. The van der Waals surface area contributed by atoms with Crippen LogP contribution in [0.25, 0.3) is 6.08 Å². The van der Waals surface area contributed by atoms with Crippen molar-refractivity contribution in [2.24, 2.45) is 7.05 Å². The van der Waals surface area contributed by atoms with Crippen LogP contribution in [-0.2, 0) is 21.8 Å². The maximum atomic E-state index is 12.4. The van der Waals surface area contributed by atoms with Gasteiger partial charge in [0.25, 0.3) is 5.56 Å². The molecule has 3 rings (SSSR count). The number of benzene rings is 1. The predicted molar refractivity (Wildman–Crippen MR) is 129 cm³/mol. The molecule has 178 valence electrons. The summed E-state index contributed by atoms with van der Waals surface area (Å²) in [7, 11) is 1.56. The zero-order chi connectivity index (χ0) is 24.3. The van der Waals surface area contributed by atoms with Crippen molar-refractivity contribution in [2.75, 3.05) is 45.3 Å². The average molecular weight is 467 g/mol. The highest BCUT2D eigenvalue weighted by Gasteiger charge is 2.26. The standard InChI is InChI=1S/C13H17NO3S.C7H11N3O2.C2H6/c1-2-4-12-5-3-6-13(11-12)18(15,16)14-7-9-17-10-8-14;1-9(2)5-4-6(11)10(3)7(12)8-5;1-2/h2-6,11H,7-10H2,1H3;4H,1-3H3,(H,8,12);1-2H3/b4-2-;;. The van der Waals surface area contributed by atoms with Crippen molar-refractivity contribution < 1.29 is 13.2 Å². The molecule has 0 bridgehead atoms. The van der Waals surface area contributed by atoms with Crippen molar-refractivity contribution >= 4 is 21.9 Å². The first-order chi connectivity index (χ1) is 15.2. The van der Waals surface area contributed by atoms with Gasteiger partial charge >= 0.3 is 5.69 Å². The summed E-state index contributed by atoms with van der Waals surface area (Å²) >= 11 is 0. The summed E-state index contributed by atoms with van der Waals surface area (Å²) in [5.41, 5.74) is 0.195. The zero-order valence-corrected chi connectivity index (χ0v) is 20.5. The molecule has 1 aromatic carbocycles. The first kappa shape index (κ1) is 27.3. The maximum absolute atomic E-state index is 12.4. The van der Waals surface area contributed by atoms with Crippen molar-refractivity contribution in [2.45, 2.75) is 25.7 Å². The van der Waals surface area contributed by atoms with E-state index in [4.69, 9.17) is 4.74 Å². The summed E-state index contributed by atoms with van der Waals surface area (Å²) in [6.07, 6.45) is 3.78. The summed E-state index contributed by atoms with van der Waals surface area (Å²) in [4.78, 5) is 26.7. The Morgan fingerprint density at radius 1 is 1.09 bits per heavy atom. The van der Waals surface area contributed by atoms with Crippen LogP contribution in [-0.4, -0.2) is 62.7 Å². The molecule has 9 nitrogen and oxygen atoms in total. The molecule has 1 fully saturated rings. The van der Waals surface area contributed by atoms with Crippen LogP contribution >= 0.6 is 0 Å². The largest absolute Gasteiger partial charge is 0.379 e. The monoisotopic (exact) mass is 466 g/mol. The van der Waals surface area contributed by atoms with E-state index < -0.39 is 15.7 Å². The Labute approximate surface area is 190 Å². The summed E-state index contributed by atoms with van der Waals surface area (Å²) in [5.74, 6) is 0.517. The predicted octanol–water partition coefficient (Wildman–Crippen LogP) is 1.91. The minimum Gasteiger partial charge on any atom is -0.379 e. The van der Waals surface area contributed by atoms with E-state index in [0.29, 0.717) is 37.0 Å². The van der Waals surface area contributed by atoms with Gasteiger partial charge in [0.05, 0.1) is 18.1 Å². The van der Waals surface area contributed by atoms with E-state index >= 15 is 0 Å². The Hall–Kier alpha value is -2.69. The van der Waals surface area contributed by atoms with E-state index in [1.54, 1.807) is 37.2 Å². The van der Waals surface area contributed by atoms with Gasteiger partial charge in [0.15, 0.2) is 0 Å². The fraction of sp³-hybridized carbons (Fsp3) is 0.455. The topological polar surface area (TPSA) is 105 Å². The van der Waals surface area contributed by atoms with E-state index in [1.807, 2.05) is 39.0 Å². The smallest absolute Gasteiger partial charge is 0.329 e. The number of sulfonamides is 1. The molecule has 0 radical (unpaired) electrons. The van der Waals surface area contributed by atoms with Crippen LogP contribution in [0.4, 0.5) is 5.82 Å². The van der Waals surface area contributed by atoms with Crippen LogP contribution in [0.3, 0.4) is 0 Å². The number of allylic oxidation sites excluding steroid dienone is 1. The van der Waals surface area contributed by atoms with Crippen molar-refractivity contribution in [3.8, 4) is 0 Å². The fourth-order valence-corrected chi connectivity index (χ4v) is 4.15. The number of ether oxygens (including phenoxy) is 1. The third kappa shape index (κ3) is 7.47. The van der Waals surface area contributed by atoms with Gasteiger partial charge in [-0.3, -0.25) is 14.3 Å². The Kier molecular flexibility index (Phi) is 11.1. The number of hydrogen-bond acceptors (Lipinski definition) is 6. The minimum absolute atomic E-state index is 0.303. The SMILES string of the molecule is C/C=C\c1cccc(S(=O)(=O)N2CCOCC2)c1.CC.CN(C)c1cc(=O)n(C)c(=O)[nH]1. The highest BCUT2D eigenvalue weighted by molar-refractivity contribution is 7.89. The molecular weight excluding hydrogens is 432 g/mol. The molecule has 1 N–H and O–H groups in total. The zero-order valence-electron chi connectivity index (χ0n) is 19.7. The number of morpholine rings is 1.